The number of nitrogens with zero attached hydrogens (tertiary/aromatic N) is 1. The number of ether oxygens (including phenoxy) is 2. The van der Waals surface area contributed by atoms with Crippen LogP contribution in [0.25, 0.3) is 0 Å². The lowest BCUT2D eigenvalue weighted by Crippen LogP contribution is -2.46. The summed E-state index contributed by atoms with van der Waals surface area (Å²) in [5.41, 5.74) is -0.432. The van der Waals surface area contributed by atoms with Crippen LogP contribution >= 0.6 is 0 Å². The van der Waals surface area contributed by atoms with Gasteiger partial charge < -0.3 is 19.7 Å². The van der Waals surface area contributed by atoms with Gasteiger partial charge in [0.05, 0.1) is 6.26 Å². The summed E-state index contributed by atoms with van der Waals surface area (Å²) in [5, 5.41) is 3.62. The van der Waals surface area contributed by atoms with Crippen molar-refractivity contribution in [2.45, 2.75) is 83.1 Å². The molecule has 5 nitrogen and oxygen atoms in total. The average molecular weight is 324 g/mol. The first-order valence-corrected chi connectivity index (χ1v) is 8.85. The van der Waals surface area contributed by atoms with Gasteiger partial charge in [0.25, 0.3) is 0 Å². The Balaban J connectivity index is 1.68. The van der Waals surface area contributed by atoms with E-state index in [9.17, 15) is 4.79 Å². The summed E-state index contributed by atoms with van der Waals surface area (Å²) in [6, 6.07) is 0.824. The third-order valence-corrected chi connectivity index (χ3v) is 4.58. The number of allylic oxidation sites excluding steroid dienone is 1. The van der Waals surface area contributed by atoms with Gasteiger partial charge in [0.1, 0.15) is 11.7 Å². The van der Waals surface area contributed by atoms with Crippen molar-refractivity contribution in [3.05, 3.63) is 12.3 Å². The standard InChI is InChI=1S/C18H32N2O3/c1-18(2,3)23-17(21)20(4)15-10-8-14(9-11-15)19-13-16-7-5-6-12-22-16/h6,12,14-16,19H,5,7-11,13H2,1-4H3. The van der Waals surface area contributed by atoms with Crippen molar-refractivity contribution in [2.75, 3.05) is 13.6 Å². The quantitative estimate of drug-likeness (QED) is 0.860. The van der Waals surface area contributed by atoms with Crippen LogP contribution in [-0.2, 0) is 9.47 Å². The molecular formula is C18H32N2O3. The van der Waals surface area contributed by atoms with Gasteiger partial charge in [0.15, 0.2) is 0 Å². The van der Waals surface area contributed by atoms with Crippen molar-refractivity contribution in [3.8, 4) is 0 Å². The molecule has 1 atom stereocenters. The SMILES string of the molecule is CN(C(=O)OC(C)(C)C)C1CCC(NCC2CCC=CO2)CC1. The molecule has 1 saturated carbocycles. The number of hydrogen-bond acceptors (Lipinski definition) is 4. The summed E-state index contributed by atoms with van der Waals surface area (Å²) >= 11 is 0. The molecule has 0 aromatic rings. The third kappa shape index (κ3) is 6.05. The second kappa shape index (κ2) is 8.04. The van der Waals surface area contributed by atoms with E-state index in [2.05, 4.69) is 11.4 Å². The van der Waals surface area contributed by atoms with Crippen molar-refractivity contribution in [1.82, 2.24) is 10.2 Å². The van der Waals surface area contributed by atoms with E-state index < -0.39 is 5.60 Å². The molecule has 1 aliphatic heterocycles. The van der Waals surface area contributed by atoms with Gasteiger partial charge >= 0.3 is 6.09 Å². The minimum atomic E-state index is -0.432. The lowest BCUT2D eigenvalue weighted by atomic mass is 9.90. The van der Waals surface area contributed by atoms with E-state index in [1.165, 1.54) is 0 Å². The zero-order valence-corrected chi connectivity index (χ0v) is 15.0. The van der Waals surface area contributed by atoms with Gasteiger partial charge in [-0.05, 0) is 65.4 Å². The van der Waals surface area contributed by atoms with E-state index in [0.29, 0.717) is 12.1 Å². The van der Waals surface area contributed by atoms with Gasteiger partial charge in [-0.15, -0.1) is 0 Å². The van der Waals surface area contributed by atoms with E-state index in [1.807, 2.05) is 34.1 Å². The maximum absolute atomic E-state index is 12.1. The minimum absolute atomic E-state index is 0.212. The third-order valence-electron chi connectivity index (χ3n) is 4.58. The Morgan fingerprint density at radius 1 is 1.26 bits per heavy atom. The van der Waals surface area contributed by atoms with Crippen LogP contribution in [0, 0.1) is 0 Å². The van der Waals surface area contributed by atoms with E-state index in [1.54, 1.807) is 4.90 Å². The van der Waals surface area contributed by atoms with Gasteiger partial charge in [0.2, 0.25) is 0 Å². The van der Waals surface area contributed by atoms with Crippen LogP contribution in [0.15, 0.2) is 12.3 Å². The average Bonchev–Trinajstić information content (AvgIpc) is 2.52. The molecule has 2 rings (SSSR count). The highest BCUT2D eigenvalue weighted by Gasteiger charge is 2.29. The van der Waals surface area contributed by atoms with E-state index >= 15 is 0 Å². The molecule has 1 fully saturated rings. The Morgan fingerprint density at radius 2 is 1.96 bits per heavy atom. The second-order valence-electron chi connectivity index (χ2n) is 7.71. The monoisotopic (exact) mass is 324 g/mol. The highest BCUT2D eigenvalue weighted by atomic mass is 16.6. The highest BCUT2D eigenvalue weighted by Crippen LogP contribution is 2.24. The zero-order valence-electron chi connectivity index (χ0n) is 15.0. The summed E-state index contributed by atoms with van der Waals surface area (Å²) in [6.07, 6.45) is 10.5. The fourth-order valence-corrected chi connectivity index (χ4v) is 3.18. The summed E-state index contributed by atoms with van der Waals surface area (Å²) < 4.78 is 11.0. The molecule has 1 aliphatic carbocycles. The predicted molar refractivity (Wildman–Crippen MR) is 91.3 cm³/mol. The molecule has 132 valence electrons. The van der Waals surface area contributed by atoms with Crippen LogP contribution in [0.1, 0.15) is 59.3 Å². The lowest BCUT2D eigenvalue weighted by molar-refractivity contribution is 0.0177. The first-order chi connectivity index (χ1) is 10.8. The summed E-state index contributed by atoms with van der Waals surface area (Å²) in [5.74, 6) is 0. The first-order valence-electron chi connectivity index (χ1n) is 8.85. The summed E-state index contributed by atoms with van der Waals surface area (Å²) in [7, 11) is 1.86. The molecule has 23 heavy (non-hydrogen) atoms. The van der Waals surface area contributed by atoms with E-state index in [-0.39, 0.29) is 12.1 Å². The molecule has 0 bridgehead atoms. The van der Waals surface area contributed by atoms with Crippen LogP contribution < -0.4 is 5.32 Å². The number of hydrogen-bond donors (Lipinski definition) is 1. The second-order valence-corrected chi connectivity index (χ2v) is 7.71. The van der Waals surface area contributed by atoms with Gasteiger partial charge in [-0.25, -0.2) is 4.79 Å². The van der Waals surface area contributed by atoms with Crippen LogP contribution in [-0.4, -0.2) is 48.4 Å². The maximum Gasteiger partial charge on any atom is 0.410 e. The van der Waals surface area contributed by atoms with Crippen molar-refractivity contribution in [2.24, 2.45) is 0 Å². The molecule has 5 heteroatoms. The van der Waals surface area contributed by atoms with Gasteiger partial charge in [-0.1, -0.05) is 0 Å². The first kappa shape index (κ1) is 18.1. The fraction of sp³-hybridized carbons (Fsp3) is 0.833. The van der Waals surface area contributed by atoms with Crippen LogP contribution in [0.3, 0.4) is 0 Å². The van der Waals surface area contributed by atoms with Crippen LogP contribution in [0.4, 0.5) is 4.79 Å². The molecule has 0 saturated heterocycles. The van der Waals surface area contributed by atoms with Gasteiger partial charge in [-0.3, -0.25) is 0 Å². The van der Waals surface area contributed by atoms with E-state index in [4.69, 9.17) is 9.47 Å². The number of carbonyl (C=O) groups excluding carboxylic acids is 1. The number of carbonyl (C=O) groups is 1. The molecule has 1 heterocycles. The summed E-state index contributed by atoms with van der Waals surface area (Å²) in [6.45, 7) is 6.63. The number of amides is 1. The smallest absolute Gasteiger partial charge is 0.410 e. The number of nitrogens with one attached hydrogen (secondary N) is 1. The Kier molecular flexibility index (Phi) is 6.33. The van der Waals surface area contributed by atoms with Crippen LogP contribution in [0.5, 0.6) is 0 Å². The maximum atomic E-state index is 12.1. The van der Waals surface area contributed by atoms with Gasteiger partial charge in [0, 0.05) is 25.7 Å². The van der Waals surface area contributed by atoms with Crippen molar-refractivity contribution >= 4 is 6.09 Å². The molecule has 1 amide bonds. The molecule has 2 aliphatic rings. The molecular weight excluding hydrogens is 292 g/mol. The van der Waals surface area contributed by atoms with Crippen molar-refractivity contribution < 1.29 is 14.3 Å². The molecule has 0 spiro atoms. The number of rotatable bonds is 4. The molecule has 0 aromatic carbocycles. The predicted octanol–water partition coefficient (Wildman–Crippen LogP) is 3.45. The van der Waals surface area contributed by atoms with E-state index in [0.717, 1.165) is 45.1 Å². The topological polar surface area (TPSA) is 50.8 Å². The Morgan fingerprint density at radius 3 is 2.52 bits per heavy atom. The highest BCUT2D eigenvalue weighted by molar-refractivity contribution is 5.68. The Labute approximate surface area is 140 Å². The Bertz CT molecular complexity index is 409. The molecule has 0 aromatic heterocycles. The molecule has 1 unspecified atom stereocenters. The molecule has 1 N–H and O–H groups in total. The minimum Gasteiger partial charge on any atom is -0.497 e. The van der Waals surface area contributed by atoms with Crippen LogP contribution in [0.2, 0.25) is 0 Å². The normalized spacial score (nSPS) is 28.1. The largest absolute Gasteiger partial charge is 0.497 e. The fourth-order valence-electron chi connectivity index (χ4n) is 3.18. The van der Waals surface area contributed by atoms with Gasteiger partial charge in [-0.2, -0.15) is 0 Å². The Hall–Kier alpha value is -1.23. The molecule has 0 radical (unpaired) electrons. The van der Waals surface area contributed by atoms with Crippen molar-refractivity contribution in [3.63, 3.8) is 0 Å². The zero-order chi connectivity index (χ0) is 16.9. The summed E-state index contributed by atoms with van der Waals surface area (Å²) in [4.78, 5) is 13.9. The lowest BCUT2D eigenvalue weighted by Gasteiger charge is -2.36. The van der Waals surface area contributed by atoms with Crippen molar-refractivity contribution in [1.29, 1.82) is 0 Å².